The van der Waals surface area contributed by atoms with Crippen molar-refractivity contribution < 1.29 is 23.5 Å². The molecule has 4 aromatic rings. The molecule has 0 bridgehead atoms. The second-order valence-electron chi connectivity index (χ2n) is 7.92. The van der Waals surface area contributed by atoms with Gasteiger partial charge in [0.2, 0.25) is 5.76 Å². The highest BCUT2D eigenvalue weighted by Gasteiger charge is 2.33. The van der Waals surface area contributed by atoms with Crippen molar-refractivity contribution in [2.24, 2.45) is 4.99 Å². The fraction of sp³-hybridized carbons (Fsp3) is 0.111. The van der Waals surface area contributed by atoms with Gasteiger partial charge in [0.05, 0.1) is 28.1 Å². The standard InChI is InChI=1S/C27H20N2O6S2/c1-3-12-34-26(32)22-16(2)28-27-29(24(30)21(37-27)15-19-6-5-14-36-19)23(22)17-8-10-18(11-9-17)35-25(31)20-7-4-13-33-20/h3-11,13-15,23H,1,12H2,2H3. The number of benzene rings is 1. The number of hydrogen-bond acceptors (Lipinski definition) is 9. The molecule has 1 aromatic carbocycles. The van der Waals surface area contributed by atoms with Gasteiger partial charge in [-0.1, -0.05) is 42.2 Å². The Bertz CT molecular complexity index is 1670. The average molecular weight is 533 g/mol. The molecule has 8 nitrogen and oxygen atoms in total. The number of carbonyl (C=O) groups is 2. The molecule has 0 saturated carbocycles. The van der Waals surface area contributed by atoms with Crippen LogP contribution in [-0.4, -0.2) is 23.1 Å². The topological polar surface area (TPSA) is 100 Å². The molecule has 0 aliphatic carbocycles. The van der Waals surface area contributed by atoms with Crippen molar-refractivity contribution in [3.05, 3.63) is 120 Å². The third kappa shape index (κ3) is 4.89. The maximum atomic E-state index is 13.6. The van der Waals surface area contributed by atoms with E-state index in [1.807, 2.05) is 23.6 Å². The van der Waals surface area contributed by atoms with Crippen LogP contribution in [-0.2, 0) is 9.53 Å². The van der Waals surface area contributed by atoms with Gasteiger partial charge in [0.1, 0.15) is 12.4 Å². The summed E-state index contributed by atoms with van der Waals surface area (Å²) in [5.41, 5.74) is 1.06. The van der Waals surface area contributed by atoms with Crippen LogP contribution in [0, 0.1) is 0 Å². The minimum Gasteiger partial charge on any atom is -0.458 e. The zero-order valence-corrected chi connectivity index (χ0v) is 21.2. The van der Waals surface area contributed by atoms with E-state index in [0.29, 0.717) is 20.6 Å². The third-order valence-corrected chi connectivity index (χ3v) is 7.32. The smallest absolute Gasteiger partial charge is 0.379 e. The summed E-state index contributed by atoms with van der Waals surface area (Å²) in [6, 6.07) is 12.7. The van der Waals surface area contributed by atoms with Crippen molar-refractivity contribution >= 4 is 40.7 Å². The maximum Gasteiger partial charge on any atom is 0.379 e. The van der Waals surface area contributed by atoms with Crippen molar-refractivity contribution in [1.29, 1.82) is 0 Å². The van der Waals surface area contributed by atoms with Crippen LogP contribution >= 0.6 is 22.7 Å². The van der Waals surface area contributed by atoms with Gasteiger partial charge in [0.25, 0.3) is 5.56 Å². The lowest BCUT2D eigenvalue weighted by Crippen LogP contribution is -2.39. The summed E-state index contributed by atoms with van der Waals surface area (Å²) in [6.07, 6.45) is 4.68. The number of fused-ring (bicyclic) bond motifs is 1. The van der Waals surface area contributed by atoms with Gasteiger partial charge in [-0.25, -0.2) is 14.6 Å². The first-order valence-electron chi connectivity index (χ1n) is 11.2. The number of ether oxygens (including phenoxy) is 2. The van der Waals surface area contributed by atoms with Crippen LogP contribution in [0.2, 0.25) is 0 Å². The molecule has 5 rings (SSSR count). The molecule has 1 atom stereocenters. The first-order chi connectivity index (χ1) is 18.0. The quantitative estimate of drug-likeness (QED) is 0.204. The third-order valence-electron chi connectivity index (χ3n) is 5.52. The Morgan fingerprint density at radius 3 is 2.65 bits per heavy atom. The van der Waals surface area contributed by atoms with Crippen LogP contribution in [0.4, 0.5) is 0 Å². The van der Waals surface area contributed by atoms with Crippen LogP contribution in [0.25, 0.3) is 6.08 Å². The lowest BCUT2D eigenvalue weighted by molar-refractivity contribution is -0.138. The Morgan fingerprint density at radius 1 is 1.16 bits per heavy atom. The highest BCUT2D eigenvalue weighted by Crippen LogP contribution is 2.31. The molecule has 3 aromatic heterocycles. The molecule has 0 N–H and O–H groups in total. The molecular weight excluding hydrogens is 512 g/mol. The molecule has 0 saturated heterocycles. The van der Waals surface area contributed by atoms with Gasteiger partial charge in [0.15, 0.2) is 4.80 Å². The second kappa shape index (κ2) is 10.4. The van der Waals surface area contributed by atoms with Gasteiger partial charge in [-0.2, -0.15) is 0 Å². The molecular formula is C27H20N2O6S2. The predicted molar refractivity (Wildman–Crippen MR) is 139 cm³/mol. The van der Waals surface area contributed by atoms with Gasteiger partial charge in [-0.3, -0.25) is 9.36 Å². The van der Waals surface area contributed by atoms with E-state index in [-0.39, 0.29) is 29.2 Å². The summed E-state index contributed by atoms with van der Waals surface area (Å²) < 4.78 is 17.8. The van der Waals surface area contributed by atoms with Crippen LogP contribution in [0.5, 0.6) is 5.75 Å². The molecule has 0 spiro atoms. The van der Waals surface area contributed by atoms with Crippen molar-refractivity contribution in [2.45, 2.75) is 13.0 Å². The van der Waals surface area contributed by atoms with Crippen LogP contribution < -0.4 is 19.6 Å². The first-order valence-corrected chi connectivity index (χ1v) is 12.9. The van der Waals surface area contributed by atoms with Crippen molar-refractivity contribution in [2.75, 3.05) is 6.61 Å². The van der Waals surface area contributed by atoms with Gasteiger partial charge in [-0.05, 0) is 54.3 Å². The summed E-state index contributed by atoms with van der Waals surface area (Å²) in [5, 5.41) is 1.93. The number of furan rings is 1. The first kappa shape index (κ1) is 24.4. The minimum absolute atomic E-state index is 0.0206. The number of thiophene rings is 1. The molecule has 0 amide bonds. The number of nitrogens with zero attached hydrogens (tertiary/aromatic N) is 2. The summed E-state index contributed by atoms with van der Waals surface area (Å²) in [5.74, 6) is -0.866. The van der Waals surface area contributed by atoms with Gasteiger partial charge in [0, 0.05) is 4.88 Å². The van der Waals surface area contributed by atoms with Gasteiger partial charge >= 0.3 is 11.9 Å². The normalized spacial score (nSPS) is 15.2. The zero-order valence-electron chi connectivity index (χ0n) is 19.6. The highest BCUT2D eigenvalue weighted by atomic mass is 32.1. The lowest BCUT2D eigenvalue weighted by atomic mass is 9.96. The molecule has 10 heteroatoms. The molecule has 1 aliphatic heterocycles. The number of carbonyl (C=O) groups excluding carboxylic acids is 2. The highest BCUT2D eigenvalue weighted by molar-refractivity contribution is 7.11. The van der Waals surface area contributed by atoms with Crippen LogP contribution in [0.15, 0.2) is 98.3 Å². The lowest BCUT2D eigenvalue weighted by Gasteiger charge is -2.24. The zero-order chi connectivity index (χ0) is 25.9. The molecule has 1 unspecified atom stereocenters. The Balaban J connectivity index is 1.58. The fourth-order valence-corrected chi connectivity index (χ4v) is 5.65. The molecule has 0 fully saturated rings. The molecule has 1 aliphatic rings. The Morgan fingerprint density at radius 2 is 1.97 bits per heavy atom. The minimum atomic E-state index is -0.783. The SMILES string of the molecule is C=CCOC(=O)C1=C(C)N=c2sc(=Cc3cccs3)c(=O)n2C1c1ccc(OC(=O)c2ccco2)cc1. The van der Waals surface area contributed by atoms with E-state index in [4.69, 9.17) is 13.9 Å². The van der Waals surface area contributed by atoms with E-state index in [9.17, 15) is 14.4 Å². The van der Waals surface area contributed by atoms with Crippen molar-refractivity contribution in [1.82, 2.24) is 4.57 Å². The average Bonchev–Trinajstić information content (AvgIpc) is 3.66. The molecule has 0 radical (unpaired) electrons. The van der Waals surface area contributed by atoms with E-state index in [1.54, 1.807) is 37.3 Å². The van der Waals surface area contributed by atoms with Crippen molar-refractivity contribution in [3.63, 3.8) is 0 Å². The van der Waals surface area contributed by atoms with Crippen LogP contribution in [0.3, 0.4) is 0 Å². The molecule has 37 heavy (non-hydrogen) atoms. The Hall–Kier alpha value is -4.28. The van der Waals surface area contributed by atoms with Crippen molar-refractivity contribution in [3.8, 4) is 5.75 Å². The summed E-state index contributed by atoms with van der Waals surface area (Å²) in [4.78, 5) is 44.9. The van der Waals surface area contributed by atoms with E-state index in [2.05, 4.69) is 11.6 Å². The van der Waals surface area contributed by atoms with Gasteiger partial charge < -0.3 is 13.9 Å². The number of hydrogen-bond donors (Lipinski definition) is 0. The maximum absolute atomic E-state index is 13.6. The Labute approximate surface area is 218 Å². The number of allylic oxidation sites excluding steroid dienone is 1. The number of aromatic nitrogens is 1. The number of esters is 2. The summed E-state index contributed by atoms with van der Waals surface area (Å²) in [6.45, 7) is 5.33. The molecule has 186 valence electrons. The van der Waals surface area contributed by atoms with E-state index >= 15 is 0 Å². The fourth-order valence-electron chi connectivity index (χ4n) is 3.88. The number of rotatable bonds is 7. The van der Waals surface area contributed by atoms with Gasteiger partial charge in [-0.15, -0.1) is 11.3 Å². The van der Waals surface area contributed by atoms with E-state index in [0.717, 1.165) is 4.88 Å². The Kier molecular flexibility index (Phi) is 6.85. The summed E-state index contributed by atoms with van der Waals surface area (Å²) in [7, 11) is 0. The number of thiazole rings is 1. The van der Waals surface area contributed by atoms with Crippen LogP contribution in [0.1, 0.15) is 34.0 Å². The monoisotopic (exact) mass is 532 g/mol. The van der Waals surface area contributed by atoms with E-state index in [1.165, 1.54) is 45.6 Å². The summed E-state index contributed by atoms with van der Waals surface area (Å²) >= 11 is 2.78. The predicted octanol–water partition coefficient (Wildman–Crippen LogP) is 3.84. The molecule has 4 heterocycles. The van der Waals surface area contributed by atoms with E-state index < -0.39 is 18.0 Å². The second-order valence-corrected chi connectivity index (χ2v) is 9.91. The largest absolute Gasteiger partial charge is 0.458 e.